The number of phenols is 2. The second-order valence-electron chi connectivity index (χ2n) is 8.42. The number of benzene rings is 2. The van der Waals surface area contributed by atoms with Crippen LogP contribution in [0.2, 0.25) is 0 Å². The lowest BCUT2D eigenvalue weighted by Gasteiger charge is -2.35. The van der Waals surface area contributed by atoms with Gasteiger partial charge in [-0.15, -0.1) is 0 Å². The van der Waals surface area contributed by atoms with Crippen molar-refractivity contribution in [2.24, 2.45) is 0 Å². The van der Waals surface area contributed by atoms with Crippen molar-refractivity contribution >= 4 is 17.6 Å². The van der Waals surface area contributed by atoms with Crippen molar-refractivity contribution in [3.63, 3.8) is 0 Å². The van der Waals surface area contributed by atoms with Crippen molar-refractivity contribution in [2.75, 3.05) is 11.5 Å². The zero-order chi connectivity index (χ0) is 24.6. The monoisotopic (exact) mass is 461 g/mol. The summed E-state index contributed by atoms with van der Waals surface area (Å²) in [5, 5.41) is 19.8. The van der Waals surface area contributed by atoms with Gasteiger partial charge in [-0.3, -0.25) is 4.79 Å². The highest BCUT2D eigenvalue weighted by molar-refractivity contribution is 6.09. The summed E-state index contributed by atoms with van der Waals surface area (Å²) >= 11 is 0. The first kappa shape index (κ1) is 23.2. The summed E-state index contributed by atoms with van der Waals surface area (Å²) in [4.78, 5) is 36.3. The van der Waals surface area contributed by atoms with Crippen LogP contribution in [0.5, 0.6) is 11.5 Å². The van der Waals surface area contributed by atoms with Gasteiger partial charge in [-0.25, -0.2) is 14.8 Å². The van der Waals surface area contributed by atoms with Crippen molar-refractivity contribution in [1.29, 1.82) is 0 Å². The van der Waals surface area contributed by atoms with Crippen molar-refractivity contribution in [2.45, 2.75) is 46.6 Å². The Morgan fingerprint density at radius 2 is 1.88 bits per heavy atom. The molecule has 1 aromatic heterocycles. The van der Waals surface area contributed by atoms with Gasteiger partial charge < -0.3 is 19.8 Å². The molecule has 34 heavy (non-hydrogen) atoms. The Morgan fingerprint density at radius 1 is 1.12 bits per heavy atom. The molecule has 8 heteroatoms. The molecule has 0 saturated carbocycles. The van der Waals surface area contributed by atoms with E-state index in [0.717, 1.165) is 35.7 Å². The minimum absolute atomic E-state index is 0.0718. The summed E-state index contributed by atoms with van der Waals surface area (Å²) in [5.74, 6) is -0.723. The number of aromatic hydroxyl groups is 2. The van der Waals surface area contributed by atoms with E-state index in [1.54, 1.807) is 25.7 Å². The number of aromatic nitrogens is 2. The van der Waals surface area contributed by atoms with Crippen LogP contribution in [0.15, 0.2) is 36.4 Å². The molecule has 0 bridgehead atoms. The van der Waals surface area contributed by atoms with E-state index < -0.39 is 5.97 Å². The summed E-state index contributed by atoms with van der Waals surface area (Å²) in [6.45, 7) is 7.50. The highest BCUT2D eigenvalue weighted by atomic mass is 16.5. The van der Waals surface area contributed by atoms with Gasteiger partial charge in [0.1, 0.15) is 17.3 Å². The average molecular weight is 462 g/mol. The van der Waals surface area contributed by atoms with Crippen molar-refractivity contribution in [1.82, 2.24) is 9.97 Å². The lowest BCUT2D eigenvalue weighted by atomic mass is 9.92. The number of fused-ring (bicyclic) bond motifs is 1. The first-order valence-corrected chi connectivity index (χ1v) is 11.2. The molecule has 4 rings (SSSR count). The maximum atomic E-state index is 13.4. The predicted octanol–water partition coefficient (Wildman–Crippen LogP) is 4.33. The molecule has 0 radical (unpaired) electrons. The molecule has 3 aromatic rings. The van der Waals surface area contributed by atoms with E-state index in [9.17, 15) is 19.8 Å². The summed E-state index contributed by atoms with van der Waals surface area (Å²) in [7, 11) is 0. The number of rotatable bonds is 4. The van der Waals surface area contributed by atoms with Crippen LogP contribution in [0.4, 0.5) is 5.69 Å². The molecule has 0 fully saturated rings. The molecule has 8 nitrogen and oxygen atoms in total. The fourth-order valence-electron chi connectivity index (χ4n) is 4.35. The number of carbonyl (C=O) groups is 2. The van der Waals surface area contributed by atoms with Crippen molar-refractivity contribution in [3.8, 4) is 22.8 Å². The number of hydrogen-bond donors (Lipinski definition) is 2. The van der Waals surface area contributed by atoms with Gasteiger partial charge in [-0.05, 0) is 70.4 Å². The summed E-state index contributed by atoms with van der Waals surface area (Å²) in [6, 6.07) is 9.63. The number of hydrogen-bond acceptors (Lipinski definition) is 7. The topological polar surface area (TPSA) is 113 Å². The Kier molecular flexibility index (Phi) is 6.24. The molecule has 0 unspecified atom stereocenters. The molecule has 2 heterocycles. The zero-order valence-corrected chi connectivity index (χ0v) is 19.6. The lowest BCUT2D eigenvalue weighted by Crippen LogP contribution is -2.42. The van der Waals surface area contributed by atoms with Crippen LogP contribution < -0.4 is 4.90 Å². The van der Waals surface area contributed by atoms with Crippen LogP contribution in [0, 0.1) is 13.8 Å². The Hall–Kier alpha value is -3.94. The largest absolute Gasteiger partial charge is 0.508 e. The van der Waals surface area contributed by atoms with Gasteiger partial charge in [0.2, 0.25) is 0 Å². The maximum Gasteiger partial charge on any atom is 0.357 e. The number of aryl methyl sites for hydroxylation is 2. The quantitative estimate of drug-likeness (QED) is 0.556. The van der Waals surface area contributed by atoms with E-state index in [-0.39, 0.29) is 41.3 Å². The number of amides is 1. The van der Waals surface area contributed by atoms with Gasteiger partial charge >= 0.3 is 5.97 Å². The molecule has 0 spiro atoms. The molecule has 1 amide bonds. The first-order chi connectivity index (χ1) is 16.2. The van der Waals surface area contributed by atoms with Crippen LogP contribution in [-0.4, -0.2) is 44.7 Å². The lowest BCUT2D eigenvalue weighted by molar-refractivity contribution is 0.0518. The number of anilines is 1. The normalized spacial score (nSPS) is 15.1. The molecule has 2 N–H and O–H groups in total. The Balaban J connectivity index is 1.76. The molecule has 0 saturated heterocycles. The average Bonchev–Trinajstić information content (AvgIpc) is 2.79. The van der Waals surface area contributed by atoms with E-state index in [2.05, 4.69) is 9.97 Å². The van der Waals surface area contributed by atoms with Gasteiger partial charge in [0.05, 0.1) is 17.9 Å². The van der Waals surface area contributed by atoms with Crippen molar-refractivity contribution < 1.29 is 24.5 Å². The van der Waals surface area contributed by atoms with Crippen molar-refractivity contribution in [3.05, 3.63) is 64.6 Å². The summed E-state index contributed by atoms with van der Waals surface area (Å²) < 4.78 is 5.15. The molecule has 1 aliphatic rings. The summed E-state index contributed by atoms with van der Waals surface area (Å²) in [5.41, 5.74) is 4.20. The van der Waals surface area contributed by atoms with Gasteiger partial charge in [0, 0.05) is 28.9 Å². The molecular formula is C26H27N3O5. The molecule has 176 valence electrons. The van der Waals surface area contributed by atoms with Gasteiger partial charge in [0.15, 0.2) is 5.69 Å². The standard InChI is InChI=1S/C26H27N3O5/c1-5-34-26(33)24-15(3)23(27-16(4)28-24)18-8-11-21-17(12-18)7-6-14(2)29(21)25(32)20-10-9-19(30)13-22(20)31/h8-14,30-31H,5-7H2,1-4H3/t14-/m0/s1. The van der Waals surface area contributed by atoms with Crippen LogP contribution in [-0.2, 0) is 11.2 Å². The molecular weight excluding hydrogens is 434 g/mol. The number of ether oxygens (including phenoxy) is 1. The maximum absolute atomic E-state index is 13.4. The Bertz CT molecular complexity index is 1290. The van der Waals surface area contributed by atoms with Crippen LogP contribution >= 0.6 is 0 Å². The fourth-order valence-corrected chi connectivity index (χ4v) is 4.35. The highest BCUT2D eigenvalue weighted by Crippen LogP contribution is 2.37. The zero-order valence-electron chi connectivity index (χ0n) is 19.6. The van der Waals surface area contributed by atoms with E-state index in [0.29, 0.717) is 17.1 Å². The minimum Gasteiger partial charge on any atom is -0.508 e. The van der Waals surface area contributed by atoms with Gasteiger partial charge in [0.25, 0.3) is 5.91 Å². The van der Waals surface area contributed by atoms with Crippen LogP contribution in [0.1, 0.15) is 58.1 Å². The fraction of sp³-hybridized carbons (Fsp3) is 0.308. The Morgan fingerprint density at radius 3 is 2.59 bits per heavy atom. The van der Waals surface area contributed by atoms with Crippen LogP contribution in [0.3, 0.4) is 0 Å². The number of phenolic OH excluding ortho intramolecular Hbond substituents is 2. The molecule has 1 atom stereocenters. The van der Waals surface area contributed by atoms with Gasteiger partial charge in [-0.1, -0.05) is 6.07 Å². The second kappa shape index (κ2) is 9.13. The first-order valence-electron chi connectivity index (χ1n) is 11.2. The molecule has 0 aliphatic carbocycles. The number of carbonyl (C=O) groups excluding carboxylic acids is 2. The third-order valence-electron chi connectivity index (χ3n) is 6.04. The highest BCUT2D eigenvalue weighted by Gasteiger charge is 2.31. The smallest absolute Gasteiger partial charge is 0.357 e. The third kappa shape index (κ3) is 4.19. The number of esters is 1. The van der Waals surface area contributed by atoms with Crippen LogP contribution in [0.25, 0.3) is 11.3 Å². The van der Waals surface area contributed by atoms with E-state index in [1.807, 2.05) is 25.1 Å². The number of nitrogens with zero attached hydrogens (tertiary/aromatic N) is 3. The second-order valence-corrected chi connectivity index (χ2v) is 8.42. The predicted molar refractivity (Wildman–Crippen MR) is 127 cm³/mol. The Labute approximate surface area is 197 Å². The third-order valence-corrected chi connectivity index (χ3v) is 6.04. The van der Waals surface area contributed by atoms with E-state index in [1.165, 1.54) is 12.1 Å². The molecule has 2 aromatic carbocycles. The SMILES string of the molecule is CCOC(=O)c1nc(C)nc(-c2ccc3c(c2)CC[C@H](C)N3C(=O)c2ccc(O)cc2O)c1C. The van der Waals surface area contributed by atoms with E-state index >= 15 is 0 Å². The summed E-state index contributed by atoms with van der Waals surface area (Å²) in [6.07, 6.45) is 1.51. The van der Waals surface area contributed by atoms with Gasteiger partial charge in [-0.2, -0.15) is 0 Å². The van der Waals surface area contributed by atoms with E-state index in [4.69, 9.17) is 4.74 Å². The molecule has 1 aliphatic heterocycles. The minimum atomic E-state index is -0.482.